The highest BCUT2D eigenvalue weighted by molar-refractivity contribution is 5.98. The molecule has 3 aromatic heterocycles. The van der Waals surface area contributed by atoms with E-state index < -0.39 is 46.9 Å². The largest absolute Gasteiger partial charge is 0.418 e. The van der Waals surface area contributed by atoms with Gasteiger partial charge in [0.1, 0.15) is 23.6 Å². The van der Waals surface area contributed by atoms with Crippen LogP contribution in [0.15, 0.2) is 24.7 Å². The van der Waals surface area contributed by atoms with E-state index in [1.807, 2.05) is 0 Å². The summed E-state index contributed by atoms with van der Waals surface area (Å²) in [5, 5.41) is 13.9. The van der Waals surface area contributed by atoms with Crippen molar-refractivity contribution in [1.29, 1.82) is 0 Å². The highest BCUT2D eigenvalue weighted by Gasteiger charge is 2.45. The predicted molar refractivity (Wildman–Crippen MR) is 122 cm³/mol. The smallest absolute Gasteiger partial charge is 0.382 e. The van der Waals surface area contributed by atoms with Gasteiger partial charge in [-0.25, -0.2) is 13.9 Å². The van der Waals surface area contributed by atoms with Crippen molar-refractivity contribution in [3.05, 3.63) is 41.5 Å². The summed E-state index contributed by atoms with van der Waals surface area (Å²) in [5.41, 5.74) is 3.30. The maximum absolute atomic E-state index is 15.0. The van der Waals surface area contributed by atoms with Gasteiger partial charge in [-0.15, -0.1) is 0 Å². The third-order valence-electron chi connectivity index (χ3n) is 6.67. The van der Waals surface area contributed by atoms with Crippen molar-refractivity contribution in [3.8, 4) is 11.3 Å². The van der Waals surface area contributed by atoms with E-state index in [9.17, 15) is 32.3 Å². The zero-order chi connectivity index (χ0) is 26.9. The number of amides is 2. The monoisotopic (exact) mass is 521 g/mol. The van der Waals surface area contributed by atoms with Gasteiger partial charge in [-0.05, 0) is 26.0 Å². The van der Waals surface area contributed by atoms with Gasteiger partial charge in [-0.3, -0.25) is 14.6 Å². The number of rotatable bonds is 3. The summed E-state index contributed by atoms with van der Waals surface area (Å²) in [6.07, 6.45) is -3.60. The summed E-state index contributed by atoms with van der Waals surface area (Å²) in [5.74, 6) is -1.55. The molecule has 2 atom stereocenters. The van der Waals surface area contributed by atoms with Crippen molar-refractivity contribution >= 4 is 23.1 Å². The molecule has 0 spiro atoms. The summed E-state index contributed by atoms with van der Waals surface area (Å²) in [6.45, 7) is 2.41. The fourth-order valence-electron chi connectivity index (χ4n) is 4.90. The molecular formula is C23H23F4N7O3. The summed E-state index contributed by atoms with van der Waals surface area (Å²) >= 11 is 0. The molecular weight excluding hydrogens is 498 g/mol. The average Bonchev–Trinajstić information content (AvgIpc) is 3.40. The van der Waals surface area contributed by atoms with Crippen molar-refractivity contribution in [2.45, 2.75) is 44.3 Å². The summed E-state index contributed by atoms with van der Waals surface area (Å²) < 4.78 is 57.1. The van der Waals surface area contributed by atoms with Crippen LogP contribution in [0.25, 0.3) is 16.8 Å². The molecule has 0 saturated carbocycles. The second-order valence-corrected chi connectivity index (χ2v) is 9.67. The van der Waals surface area contributed by atoms with Gasteiger partial charge in [-0.1, -0.05) is 0 Å². The van der Waals surface area contributed by atoms with Crippen LogP contribution in [0.1, 0.15) is 35.5 Å². The standard InChI is InChI=1S/C23H23F4N7O3/c1-22(2,37)21(36)32-8-14(24)17(9-32)33-4-3-15-12(20(33)35)5-11(7-29-15)16-6-13(23(25,26)27)18-19(28)30-10-31-34(16)18/h5-7,10,14,17,37H,3-4,8-9H2,1-2H3,(H2,28,30,31). The first-order valence-corrected chi connectivity index (χ1v) is 11.4. The lowest BCUT2D eigenvalue weighted by atomic mass is 9.99. The molecule has 3 aromatic rings. The van der Waals surface area contributed by atoms with Crippen LogP contribution in [0.2, 0.25) is 0 Å². The van der Waals surface area contributed by atoms with Gasteiger partial charge in [-0.2, -0.15) is 18.3 Å². The minimum absolute atomic E-state index is 0.00262. The molecule has 3 N–H and O–H groups in total. The van der Waals surface area contributed by atoms with E-state index in [2.05, 4.69) is 15.1 Å². The third-order valence-corrected chi connectivity index (χ3v) is 6.67. The number of aromatic nitrogens is 4. The Hall–Kier alpha value is -3.81. The molecule has 37 heavy (non-hydrogen) atoms. The Balaban J connectivity index is 1.50. The van der Waals surface area contributed by atoms with Crippen LogP contribution in [0.4, 0.5) is 23.4 Å². The Morgan fingerprint density at radius 3 is 2.59 bits per heavy atom. The van der Waals surface area contributed by atoms with E-state index in [1.165, 1.54) is 35.9 Å². The Bertz CT molecular complexity index is 1420. The molecule has 1 fully saturated rings. The van der Waals surface area contributed by atoms with E-state index in [-0.39, 0.29) is 42.3 Å². The Morgan fingerprint density at radius 1 is 1.19 bits per heavy atom. The minimum atomic E-state index is -4.73. The number of likely N-dealkylation sites (tertiary alicyclic amines) is 1. The number of nitrogens with zero attached hydrogens (tertiary/aromatic N) is 6. The Kier molecular flexibility index (Phi) is 5.62. The van der Waals surface area contributed by atoms with Crippen LogP contribution in [0.5, 0.6) is 0 Å². The SMILES string of the molecule is CC(C)(O)C(=O)N1CC(F)C(N2CCc3ncc(-c4cc(C(F)(F)F)c5c(N)ncnn45)cc3C2=O)C1. The number of halogens is 4. The quantitative estimate of drug-likeness (QED) is 0.502. The molecule has 5 rings (SSSR count). The molecule has 1 saturated heterocycles. The van der Waals surface area contributed by atoms with Crippen molar-refractivity contribution < 1.29 is 32.3 Å². The number of hydrogen-bond donors (Lipinski definition) is 2. The maximum Gasteiger partial charge on any atom is 0.418 e. The van der Waals surface area contributed by atoms with E-state index in [0.717, 1.165) is 16.9 Å². The molecule has 0 aromatic carbocycles. The number of carbonyl (C=O) groups excluding carboxylic acids is 2. The number of nitrogens with two attached hydrogens (primary N) is 1. The fraction of sp³-hybridized carbons (Fsp3) is 0.435. The van der Waals surface area contributed by atoms with E-state index >= 15 is 0 Å². The molecule has 0 aliphatic carbocycles. The first-order valence-electron chi connectivity index (χ1n) is 11.4. The van der Waals surface area contributed by atoms with Crippen LogP contribution in [-0.2, 0) is 17.4 Å². The van der Waals surface area contributed by atoms with Crippen LogP contribution in [-0.4, -0.2) is 83.8 Å². The number of hydrogen-bond acceptors (Lipinski definition) is 7. The zero-order valence-electron chi connectivity index (χ0n) is 19.8. The Morgan fingerprint density at radius 2 is 1.92 bits per heavy atom. The van der Waals surface area contributed by atoms with Gasteiger partial charge in [0.25, 0.3) is 11.8 Å². The molecule has 2 unspecified atom stereocenters. The highest BCUT2D eigenvalue weighted by atomic mass is 19.4. The molecule has 5 heterocycles. The lowest BCUT2D eigenvalue weighted by molar-refractivity contribution is -0.147. The van der Waals surface area contributed by atoms with Gasteiger partial charge in [0.05, 0.1) is 35.1 Å². The topological polar surface area (TPSA) is 130 Å². The highest BCUT2D eigenvalue weighted by Crippen LogP contribution is 2.39. The van der Waals surface area contributed by atoms with Gasteiger partial charge in [0.15, 0.2) is 5.82 Å². The lowest BCUT2D eigenvalue weighted by Gasteiger charge is -2.34. The maximum atomic E-state index is 15.0. The van der Waals surface area contributed by atoms with Crippen LogP contribution < -0.4 is 5.73 Å². The lowest BCUT2D eigenvalue weighted by Crippen LogP contribution is -2.50. The van der Waals surface area contributed by atoms with Crippen LogP contribution in [0.3, 0.4) is 0 Å². The molecule has 0 bridgehead atoms. The summed E-state index contributed by atoms with van der Waals surface area (Å²) in [7, 11) is 0. The van der Waals surface area contributed by atoms with Crippen LogP contribution in [0, 0.1) is 0 Å². The molecule has 0 radical (unpaired) electrons. The average molecular weight is 521 g/mol. The van der Waals surface area contributed by atoms with Crippen molar-refractivity contribution in [3.63, 3.8) is 0 Å². The number of fused-ring (bicyclic) bond motifs is 2. The van der Waals surface area contributed by atoms with Gasteiger partial charge < -0.3 is 20.6 Å². The minimum Gasteiger partial charge on any atom is -0.382 e. The first-order chi connectivity index (χ1) is 17.3. The zero-order valence-corrected chi connectivity index (χ0v) is 19.8. The van der Waals surface area contributed by atoms with Crippen molar-refractivity contribution in [2.24, 2.45) is 0 Å². The van der Waals surface area contributed by atoms with Gasteiger partial charge in [0.2, 0.25) is 0 Å². The first kappa shape index (κ1) is 24.9. The number of aliphatic hydroxyl groups is 1. The van der Waals surface area contributed by atoms with Gasteiger partial charge >= 0.3 is 6.18 Å². The molecule has 2 aliphatic rings. The van der Waals surface area contributed by atoms with E-state index in [4.69, 9.17) is 5.73 Å². The molecule has 14 heteroatoms. The Labute approximate surface area is 207 Å². The number of pyridine rings is 1. The molecule has 196 valence electrons. The number of anilines is 1. The van der Waals surface area contributed by atoms with E-state index in [1.54, 1.807) is 0 Å². The predicted octanol–water partition coefficient (Wildman–Crippen LogP) is 1.71. The summed E-state index contributed by atoms with van der Waals surface area (Å²) in [4.78, 5) is 36.3. The molecule has 2 amide bonds. The third kappa shape index (κ3) is 4.14. The fourth-order valence-corrected chi connectivity index (χ4v) is 4.90. The normalized spacial score (nSPS) is 20.6. The van der Waals surface area contributed by atoms with Crippen molar-refractivity contribution in [1.82, 2.24) is 29.4 Å². The number of carbonyl (C=O) groups is 2. The van der Waals surface area contributed by atoms with Gasteiger partial charge in [0, 0.05) is 31.3 Å². The second kappa shape index (κ2) is 8.36. The second-order valence-electron chi connectivity index (χ2n) is 9.67. The number of alkyl halides is 4. The van der Waals surface area contributed by atoms with Crippen LogP contribution >= 0.6 is 0 Å². The van der Waals surface area contributed by atoms with E-state index in [0.29, 0.717) is 12.1 Å². The summed E-state index contributed by atoms with van der Waals surface area (Å²) in [6, 6.07) is 1.33. The number of nitrogen functional groups attached to an aromatic ring is 1. The molecule has 10 nitrogen and oxygen atoms in total. The van der Waals surface area contributed by atoms with Crippen molar-refractivity contribution in [2.75, 3.05) is 25.4 Å². The molecule has 2 aliphatic heterocycles.